The third-order valence-electron chi connectivity index (χ3n) is 7.87. The van der Waals surface area contributed by atoms with E-state index in [0.29, 0.717) is 12.0 Å². The molecule has 0 spiro atoms. The Balaban J connectivity index is 1.49. The fourth-order valence-electron chi connectivity index (χ4n) is 6.09. The van der Waals surface area contributed by atoms with Crippen molar-refractivity contribution in [1.82, 2.24) is 5.32 Å². The molecular weight excluding hydrogens is 450 g/mol. The first-order valence-electron chi connectivity index (χ1n) is 12.5. The summed E-state index contributed by atoms with van der Waals surface area (Å²) in [4.78, 5) is 27.1. The highest BCUT2D eigenvalue weighted by Gasteiger charge is 2.49. The van der Waals surface area contributed by atoms with E-state index in [1.807, 2.05) is 37.3 Å². The first-order chi connectivity index (χ1) is 17.5. The molecule has 5 nitrogen and oxygen atoms in total. The van der Waals surface area contributed by atoms with E-state index in [-0.39, 0.29) is 29.8 Å². The molecule has 182 valence electrons. The Kier molecular flexibility index (Phi) is 5.73. The van der Waals surface area contributed by atoms with Crippen molar-refractivity contribution in [2.45, 2.75) is 50.1 Å². The Morgan fingerprint density at radius 3 is 2.39 bits per heavy atom. The van der Waals surface area contributed by atoms with Crippen LogP contribution in [0.3, 0.4) is 0 Å². The van der Waals surface area contributed by atoms with Crippen LogP contribution in [0.1, 0.15) is 49.3 Å². The summed E-state index contributed by atoms with van der Waals surface area (Å²) in [6.45, 7) is 2.00. The summed E-state index contributed by atoms with van der Waals surface area (Å²) in [6, 6.07) is 22.7. The van der Waals surface area contributed by atoms with Gasteiger partial charge in [-0.15, -0.1) is 0 Å². The van der Waals surface area contributed by atoms with Crippen LogP contribution in [0, 0.1) is 0 Å². The molecule has 4 unspecified atom stereocenters. The Labute approximate surface area is 210 Å². The van der Waals surface area contributed by atoms with Crippen LogP contribution in [0.25, 0.3) is 11.1 Å². The predicted octanol–water partition coefficient (Wildman–Crippen LogP) is 5.71. The number of methoxy groups -OCH3 is 1. The normalized spacial score (nSPS) is 27.6. The van der Waals surface area contributed by atoms with E-state index in [0.717, 1.165) is 52.0 Å². The predicted molar refractivity (Wildman–Crippen MR) is 137 cm³/mol. The van der Waals surface area contributed by atoms with Gasteiger partial charge in [-0.3, -0.25) is 4.79 Å². The largest absolute Gasteiger partial charge is 0.469 e. The molecule has 2 heterocycles. The number of ether oxygens (including phenoxy) is 1. The molecule has 1 saturated heterocycles. The van der Waals surface area contributed by atoms with E-state index in [1.54, 1.807) is 6.26 Å². The number of carbonyl (C=O) groups excluding carboxylic acids is 2. The molecule has 4 atom stereocenters. The van der Waals surface area contributed by atoms with Crippen LogP contribution in [-0.4, -0.2) is 30.9 Å². The lowest BCUT2D eigenvalue weighted by molar-refractivity contribution is -0.136. The second kappa shape index (κ2) is 9.07. The monoisotopic (exact) mass is 479 g/mol. The van der Waals surface area contributed by atoms with Gasteiger partial charge in [0.2, 0.25) is 0 Å². The number of ketones is 1. The van der Waals surface area contributed by atoms with Gasteiger partial charge in [0.25, 0.3) is 0 Å². The van der Waals surface area contributed by atoms with Gasteiger partial charge < -0.3 is 14.5 Å². The minimum Gasteiger partial charge on any atom is -0.469 e. The number of fused-ring (bicyclic) bond motifs is 2. The number of hydrogen-bond donors (Lipinski definition) is 1. The van der Waals surface area contributed by atoms with Crippen LogP contribution in [-0.2, 0) is 14.3 Å². The molecule has 1 fully saturated rings. The average Bonchev–Trinajstić information content (AvgIpc) is 3.42. The van der Waals surface area contributed by atoms with Crippen LogP contribution < -0.4 is 5.32 Å². The molecule has 1 aromatic heterocycles. The third-order valence-corrected chi connectivity index (χ3v) is 7.87. The van der Waals surface area contributed by atoms with Gasteiger partial charge in [0.05, 0.1) is 13.4 Å². The Morgan fingerprint density at radius 1 is 0.944 bits per heavy atom. The van der Waals surface area contributed by atoms with Crippen molar-refractivity contribution in [3.05, 3.63) is 107 Å². The molecule has 0 bridgehead atoms. The second-order valence-corrected chi connectivity index (χ2v) is 10.0. The first kappa shape index (κ1) is 22.7. The smallest absolute Gasteiger partial charge is 0.334 e. The van der Waals surface area contributed by atoms with E-state index in [4.69, 9.17) is 9.15 Å². The molecule has 1 aliphatic heterocycles. The van der Waals surface area contributed by atoms with Crippen molar-refractivity contribution in [2.24, 2.45) is 0 Å². The Bertz CT molecular complexity index is 1370. The summed E-state index contributed by atoms with van der Waals surface area (Å²) in [6.07, 6.45) is 3.54. The van der Waals surface area contributed by atoms with Gasteiger partial charge in [0.1, 0.15) is 5.76 Å². The molecule has 3 aromatic rings. The lowest BCUT2D eigenvalue weighted by Crippen LogP contribution is -2.29. The van der Waals surface area contributed by atoms with Gasteiger partial charge in [-0.05, 0) is 54.2 Å². The van der Waals surface area contributed by atoms with E-state index < -0.39 is 5.92 Å². The van der Waals surface area contributed by atoms with Gasteiger partial charge in [0, 0.05) is 41.5 Å². The molecule has 0 radical (unpaired) electrons. The highest BCUT2D eigenvalue weighted by molar-refractivity contribution is 6.04. The third kappa shape index (κ3) is 3.94. The zero-order valence-electron chi connectivity index (χ0n) is 20.5. The van der Waals surface area contributed by atoms with Crippen LogP contribution in [0.2, 0.25) is 0 Å². The molecule has 6 rings (SSSR count). The number of furan rings is 1. The molecule has 5 heteroatoms. The maximum absolute atomic E-state index is 13.9. The van der Waals surface area contributed by atoms with Crippen LogP contribution in [0.15, 0.2) is 99.7 Å². The van der Waals surface area contributed by atoms with Crippen LogP contribution in [0.5, 0.6) is 0 Å². The molecule has 2 aliphatic carbocycles. The number of Topliss-reactive ketones (excluding diaryl/α,β-unsaturated/α-hetero) is 1. The zero-order valence-corrected chi connectivity index (χ0v) is 20.5. The topological polar surface area (TPSA) is 78.5 Å². The van der Waals surface area contributed by atoms with E-state index in [9.17, 15) is 9.59 Å². The SMILES string of the molecule is COC(=O)/C1=C(\C)CC2NC2C2=C(C(=O)CC(c3ccco3)C2)C1c1ccc(-c2ccccc2)cc1. The van der Waals surface area contributed by atoms with Crippen molar-refractivity contribution >= 4 is 11.8 Å². The minimum atomic E-state index is -0.453. The first-order valence-corrected chi connectivity index (χ1v) is 12.5. The molecule has 0 saturated carbocycles. The molecule has 0 amide bonds. The van der Waals surface area contributed by atoms with Gasteiger partial charge >= 0.3 is 5.97 Å². The van der Waals surface area contributed by atoms with Gasteiger partial charge in [-0.1, -0.05) is 60.2 Å². The molecular formula is C31H29NO4. The number of esters is 1. The van der Waals surface area contributed by atoms with Crippen molar-refractivity contribution < 1.29 is 18.7 Å². The summed E-state index contributed by atoms with van der Waals surface area (Å²) in [5, 5.41) is 3.58. The average molecular weight is 480 g/mol. The number of hydrogen-bond acceptors (Lipinski definition) is 5. The van der Waals surface area contributed by atoms with Crippen molar-refractivity contribution in [2.75, 3.05) is 7.11 Å². The summed E-state index contributed by atoms with van der Waals surface area (Å²) in [5.74, 6) is 0.125. The second-order valence-electron chi connectivity index (χ2n) is 10.0. The molecule has 3 aliphatic rings. The number of carbonyl (C=O) groups is 2. The molecule has 36 heavy (non-hydrogen) atoms. The summed E-state index contributed by atoms with van der Waals surface area (Å²) >= 11 is 0. The van der Waals surface area contributed by atoms with Gasteiger partial charge in [-0.25, -0.2) is 4.79 Å². The van der Waals surface area contributed by atoms with Crippen molar-refractivity contribution in [3.63, 3.8) is 0 Å². The van der Waals surface area contributed by atoms with E-state index in [2.05, 4.69) is 41.7 Å². The van der Waals surface area contributed by atoms with Crippen molar-refractivity contribution in [1.29, 1.82) is 0 Å². The highest BCUT2D eigenvalue weighted by atomic mass is 16.5. The van der Waals surface area contributed by atoms with Crippen LogP contribution in [0.4, 0.5) is 0 Å². The highest BCUT2D eigenvalue weighted by Crippen LogP contribution is 2.49. The molecule has 2 aromatic carbocycles. The van der Waals surface area contributed by atoms with Crippen LogP contribution >= 0.6 is 0 Å². The summed E-state index contributed by atoms with van der Waals surface area (Å²) < 4.78 is 11.0. The fraction of sp³-hybridized carbons (Fsp3) is 0.290. The quantitative estimate of drug-likeness (QED) is 0.383. The lowest BCUT2D eigenvalue weighted by Gasteiger charge is -2.33. The maximum Gasteiger partial charge on any atom is 0.334 e. The number of rotatable bonds is 4. The Morgan fingerprint density at radius 2 is 1.69 bits per heavy atom. The Hall–Kier alpha value is -3.70. The van der Waals surface area contributed by atoms with E-state index in [1.165, 1.54) is 7.11 Å². The summed E-state index contributed by atoms with van der Waals surface area (Å²) in [5.41, 5.74) is 6.60. The maximum atomic E-state index is 13.9. The standard InChI is InChI=1S/C31H29NO4/c1-18-15-24-30(32-24)23-16-22(26-9-6-14-36-26)17-25(33)29(23)28(27(18)31(34)35-2)21-12-10-20(11-13-21)19-7-4-3-5-8-19/h3-14,22,24,28,30,32H,15-17H2,1-2H3/b27-18+. The zero-order chi connectivity index (χ0) is 24.8. The molecule has 1 N–H and O–H groups in total. The number of nitrogens with one attached hydrogen (secondary N) is 1. The van der Waals surface area contributed by atoms with Gasteiger partial charge in [0.15, 0.2) is 5.78 Å². The number of allylic oxidation sites excluding steroid dienone is 1. The van der Waals surface area contributed by atoms with Gasteiger partial charge in [-0.2, -0.15) is 0 Å². The minimum absolute atomic E-state index is 0.0153. The lowest BCUT2D eigenvalue weighted by atomic mass is 9.69. The fourth-order valence-corrected chi connectivity index (χ4v) is 6.09. The number of benzene rings is 2. The van der Waals surface area contributed by atoms with E-state index >= 15 is 0 Å². The summed E-state index contributed by atoms with van der Waals surface area (Å²) in [7, 11) is 1.42. The van der Waals surface area contributed by atoms with Crippen molar-refractivity contribution in [3.8, 4) is 11.1 Å².